The molecule has 1 aromatic heterocycles. The molecule has 0 atom stereocenters. The first-order chi connectivity index (χ1) is 9.92. The van der Waals surface area contributed by atoms with Crippen molar-refractivity contribution in [2.24, 2.45) is 0 Å². The summed E-state index contributed by atoms with van der Waals surface area (Å²) < 4.78 is 39.4. The molecule has 3 N–H and O–H groups in total. The summed E-state index contributed by atoms with van der Waals surface area (Å²) in [5, 5.41) is 2.74. The maximum absolute atomic E-state index is 13.2. The molecule has 0 radical (unpaired) electrons. The number of nitrogens with two attached hydrogens (primary N) is 1. The van der Waals surface area contributed by atoms with Gasteiger partial charge in [0.2, 0.25) is 0 Å². The molecule has 0 saturated heterocycles. The Kier molecular flexibility index (Phi) is 4.30. The standard InChI is InChI=1S/C14H15F3N4/c1-3-4-11-20-13(18)7(2)14(21-11)19-8-5-9(15)12(17)10(16)6-8/h5-6H,3-4H2,1-2H3,(H3,18,19,20,21). The molecule has 0 aliphatic heterocycles. The quantitative estimate of drug-likeness (QED) is 0.848. The fourth-order valence-electron chi connectivity index (χ4n) is 1.80. The van der Waals surface area contributed by atoms with Gasteiger partial charge in [0.15, 0.2) is 17.5 Å². The van der Waals surface area contributed by atoms with Gasteiger partial charge in [0.25, 0.3) is 0 Å². The van der Waals surface area contributed by atoms with Crippen molar-refractivity contribution in [3.63, 3.8) is 0 Å². The van der Waals surface area contributed by atoms with Gasteiger partial charge in [-0.2, -0.15) is 0 Å². The molecule has 0 aliphatic rings. The highest BCUT2D eigenvalue weighted by Crippen LogP contribution is 2.24. The Morgan fingerprint density at radius 1 is 1.14 bits per heavy atom. The fraction of sp³-hybridized carbons (Fsp3) is 0.286. The van der Waals surface area contributed by atoms with E-state index in [2.05, 4.69) is 15.3 Å². The molecule has 4 nitrogen and oxygen atoms in total. The topological polar surface area (TPSA) is 63.8 Å². The van der Waals surface area contributed by atoms with E-state index in [0.29, 0.717) is 29.4 Å². The minimum atomic E-state index is -1.51. The van der Waals surface area contributed by atoms with Crippen LogP contribution in [0.1, 0.15) is 24.7 Å². The Bertz CT molecular complexity index is 651. The van der Waals surface area contributed by atoms with Gasteiger partial charge >= 0.3 is 0 Å². The summed E-state index contributed by atoms with van der Waals surface area (Å²) in [4.78, 5) is 8.39. The van der Waals surface area contributed by atoms with Crippen LogP contribution in [0.3, 0.4) is 0 Å². The van der Waals surface area contributed by atoms with Gasteiger partial charge in [-0.1, -0.05) is 6.92 Å². The second-order valence-electron chi connectivity index (χ2n) is 4.63. The van der Waals surface area contributed by atoms with Crippen LogP contribution < -0.4 is 11.1 Å². The zero-order valence-corrected chi connectivity index (χ0v) is 11.7. The number of nitrogens with one attached hydrogen (secondary N) is 1. The van der Waals surface area contributed by atoms with Crippen molar-refractivity contribution in [3.05, 3.63) is 41.0 Å². The molecule has 2 aromatic rings. The molecular formula is C14H15F3N4. The van der Waals surface area contributed by atoms with E-state index in [-0.39, 0.29) is 5.69 Å². The lowest BCUT2D eigenvalue weighted by Crippen LogP contribution is -2.07. The predicted octanol–water partition coefficient (Wildman–Crippen LogP) is 3.48. The average molecular weight is 296 g/mol. The summed E-state index contributed by atoms with van der Waals surface area (Å²) in [6.45, 7) is 3.65. The van der Waals surface area contributed by atoms with Gasteiger partial charge in [0.1, 0.15) is 17.5 Å². The number of aryl methyl sites for hydroxylation is 1. The summed E-state index contributed by atoms with van der Waals surface area (Å²) >= 11 is 0. The summed E-state index contributed by atoms with van der Waals surface area (Å²) in [7, 11) is 0. The molecule has 7 heteroatoms. The molecule has 1 aromatic carbocycles. The molecule has 0 fully saturated rings. The number of hydrogen-bond donors (Lipinski definition) is 2. The van der Waals surface area contributed by atoms with Crippen molar-refractivity contribution >= 4 is 17.3 Å². The number of aromatic nitrogens is 2. The number of nitrogens with zero attached hydrogens (tertiary/aromatic N) is 2. The van der Waals surface area contributed by atoms with Crippen LogP contribution in [-0.2, 0) is 6.42 Å². The summed E-state index contributed by atoms with van der Waals surface area (Å²) in [6.07, 6.45) is 1.47. The van der Waals surface area contributed by atoms with E-state index in [1.54, 1.807) is 6.92 Å². The smallest absolute Gasteiger partial charge is 0.194 e. The van der Waals surface area contributed by atoms with Crippen molar-refractivity contribution in [1.82, 2.24) is 9.97 Å². The second-order valence-corrected chi connectivity index (χ2v) is 4.63. The third kappa shape index (κ3) is 3.24. The molecule has 0 spiro atoms. The normalized spacial score (nSPS) is 10.7. The van der Waals surface area contributed by atoms with Crippen molar-refractivity contribution in [2.45, 2.75) is 26.7 Å². The molecule has 0 saturated carbocycles. The maximum atomic E-state index is 13.2. The third-order valence-electron chi connectivity index (χ3n) is 2.95. The zero-order valence-electron chi connectivity index (χ0n) is 11.7. The number of rotatable bonds is 4. The first-order valence-electron chi connectivity index (χ1n) is 6.47. The van der Waals surface area contributed by atoms with Gasteiger partial charge in [0.05, 0.1) is 0 Å². The van der Waals surface area contributed by atoms with E-state index in [4.69, 9.17) is 5.73 Å². The Morgan fingerprint density at radius 2 is 1.76 bits per heavy atom. The number of hydrogen-bond acceptors (Lipinski definition) is 4. The van der Waals surface area contributed by atoms with E-state index in [1.165, 1.54) is 0 Å². The van der Waals surface area contributed by atoms with Crippen LogP contribution in [0.5, 0.6) is 0 Å². The first-order valence-corrected chi connectivity index (χ1v) is 6.47. The predicted molar refractivity (Wildman–Crippen MR) is 74.8 cm³/mol. The Labute approximate surface area is 120 Å². The van der Waals surface area contributed by atoms with Gasteiger partial charge in [-0.3, -0.25) is 0 Å². The van der Waals surface area contributed by atoms with Crippen LogP contribution in [0.15, 0.2) is 12.1 Å². The lowest BCUT2D eigenvalue weighted by atomic mass is 10.2. The Balaban J connectivity index is 2.39. The highest BCUT2D eigenvalue weighted by molar-refractivity contribution is 5.63. The van der Waals surface area contributed by atoms with Gasteiger partial charge in [0, 0.05) is 29.8 Å². The van der Waals surface area contributed by atoms with Crippen LogP contribution in [0.2, 0.25) is 0 Å². The maximum Gasteiger partial charge on any atom is 0.194 e. The highest BCUT2D eigenvalue weighted by atomic mass is 19.2. The molecule has 0 unspecified atom stereocenters. The van der Waals surface area contributed by atoms with Crippen LogP contribution in [-0.4, -0.2) is 9.97 Å². The van der Waals surface area contributed by atoms with Crippen LogP contribution in [0.4, 0.5) is 30.5 Å². The SMILES string of the molecule is CCCc1nc(N)c(C)c(Nc2cc(F)c(F)c(F)c2)n1. The lowest BCUT2D eigenvalue weighted by molar-refractivity contribution is 0.448. The van der Waals surface area contributed by atoms with E-state index in [9.17, 15) is 13.2 Å². The number of anilines is 3. The number of benzene rings is 1. The Morgan fingerprint density at radius 3 is 2.33 bits per heavy atom. The van der Waals surface area contributed by atoms with E-state index < -0.39 is 17.5 Å². The molecule has 0 amide bonds. The van der Waals surface area contributed by atoms with Gasteiger partial charge < -0.3 is 11.1 Å². The van der Waals surface area contributed by atoms with E-state index >= 15 is 0 Å². The zero-order chi connectivity index (χ0) is 15.6. The lowest BCUT2D eigenvalue weighted by Gasteiger charge is -2.12. The third-order valence-corrected chi connectivity index (χ3v) is 2.95. The minimum absolute atomic E-state index is 0.0510. The van der Waals surface area contributed by atoms with E-state index in [0.717, 1.165) is 18.6 Å². The van der Waals surface area contributed by atoms with Gasteiger partial charge in [-0.15, -0.1) is 0 Å². The molecule has 2 rings (SSSR count). The minimum Gasteiger partial charge on any atom is -0.383 e. The van der Waals surface area contributed by atoms with Gasteiger partial charge in [-0.05, 0) is 13.3 Å². The average Bonchev–Trinajstić information content (AvgIpc) is 2.42. The van der Waals surface area contributed by atoms with Crippen LogP contribution in [0, 0.1) is 24.4 Å². The summed E-state index contributed by atoms with van der Waals surface area (Å²) in [6, 6.07) is 1.71. The second kappa shape index (κ2) is 5.99. The van der Waals surface area contributed by atoms with Gasteiger partial charge in [-0.25, -0.2) is 23.1 Å². The molecule has 112 valence electrons. The highest BCUT2D eigenvalue weighted by Gasteiger charge is 2.13. The van der Waals surface area contributed by atoms with Crippen molar-refractivity contribution < 1.29 is 13.2 Å². The monoisotopic (exact) mass is 296 g/mol. The fourth-order valence-corrected chi connectivity index (χ4v) is 1.80. The van der Waals surface area contributed by atoms with E-state index in [1.807, 2.05) is 6.92 Å². The molecular weight excluding hydrogens is 281 g/mol. The number of nitrogen functional groups attached to an aromatic ring is 1. The van der Waals surface area contributed by atoms with Crippen LogP contribution in [0.25, 0.3) is 0 Å². The largest absolute Gasteiger partial charge is 0.383 e. The van der Waals surface area contributed by atoms with Crippen molar-refractivity contribution in [1.29, 1.82) is 0 Å². The summed E-state index contributed by atoms with van der Waals surface area (Å²) in [5.74, 6) is -2.88. The first kappa shape index (κ1) is 15.1. The molecule has 21 heavy (non-hydrogen) atoms. The Hall–Kier alpha value is -2.31. The van der Waals surface area contributed by atoms with Crippen LogP contribution >= 0.6 is 0 Å². The molecule has 0 bridgehead atoms. The summed E-state index contributed by atoms with van der Waals surface area (Å²) in [5.41, 5.74) is 6.40. The van der Waals surface area contributed by atoms with Crippen molar-refractivity contribution in [3.8, 4) is 0 Å². The van der Waals surface area contributed by atoms with Crippen molar-refractivity contribution in [2.75, 3.05) is 11.1 Å². The molecule has 0 aliphatic carbocycles. The number of halogens is 3. The molecule has 1 heterocycles.